The van der Waals surface area contributed by atoms with Crippen LogP contribution in [0.1, 0.15) is 27.8 Å². The van der Waals surface area contributed by atoms with Gasteiger partial charge in [0.05, 0.1) is 39.8 Å². The zero-order valence-electron chi connectivity index (χ0n) is 27.6. The first-order valence-electron chi connectivity index (χ1n) is 17.0. The number of hydrogen-bond donors (Lipinski definition) is 0. The van der Waals surface area contributed by atoms with Crippen LogP contribution in [0.4, 0.5) is 0 Å². The van der Waals surface area contributed by atoms with Gasteiger partial charge in [-0.1, -0.05) is 109 Å². The molecule has 0 fully saturated rings. The van der Waals surface area contributed by atoms with E-state index in [2.05, 4.69) is 115 Å². The van der Waals surface area contributed by atoms with Crippen LogP contribution in [0.2, 0.25) is 0 Å². The second kappa shape index (κ2) is 12.5. The normalized spacial score (nSPS) is 12.5. The van der Waals surface area contributed by atoms with Gasteiger partial charge in [-0.05, 0) is 116 Å². The van der Waals surface area contributed by atoms with E-state index in [0.717, 1.165) is 45.0 Å². The number of nitrogens with zero attached hydrogens (tertiary/aromatic N) is 4. The van der Waals surface area contributed by atoms with Crippen LogP contribution >= 0.6 is 0 Å². The fourth-order valence-corrected chi connectivity index (χ4v) is 7.67. The minimum atomic E-state index is -0.562. The third kappa shape index (κ3) is 5.03. The van der Waals surface area contributed by atoms with Crippen molar-refractivity contribution in [3.05, 3.63) is 210 Å². The third-order valence-electron chi connectivity index (χ3n) is 9.91. The van der Waals surface area contributed by atoms with Crippen LogP contribution in [0.15, 0.2) is 182 Å². The van der Waals surface area contributed by atoms with Gasteiger partial charge in [0.25, 0.3) is 0 Å². The standard InChI is InChI=1S/C47H30N4/c48-31-32-21-23-33(24-22-32)38-29-40-37-17-7-8-18-41(37)47(35-13-3-1-4-14-35,36-15-5-2-6-16-36)42(40)30-39(38)34-27-45(43-19-9-11-25-49-43)51-46(28-34)44-20-10-12-26-50-44/h1-30H. The molecule has 4 heteroatoms. The molecule has 0 unspecified atom stereocenters. The first-order valence-corrected chi connectivity index (χ1v) is 17.0. The largest absolute Gasteiger partial charge is 0.255 e. The summed E-state index contributed by atoms with van der Waals surface area (Å²) in [5.41, 5.74) is 14.6. The van der Waals surface area contributed by atoms with Crippen molar-refractivity contribution in [2.45, 2.75) is 5.41 Å². The van der Waals surface area contributed by atoms with Crippen LogP contribution in [-0.4, -0.2) is 15.0 Å². The molecule has 51 heavy (non-hydrogen) atoms. The van der Waals surface area contributed by atoms with Crippen molar-refractivity contribution in [2.24, 2.45) is 0 Å². The highest BCUT2D eigenvalue weighted by Gasteiger charge is 2.46. The summed E-state index contributed by atoms with van der Waals surface area (Å²) in [6.07, 6.45) is 3.60. The molecule has 0 saturated heterocycles. The minimum Gasteiger partial charge on any atom is -0.255 e. The zero-order valence-corrected chi connectivity index (χ0v) is 27.6. The second-order valence-corrected chi connectivity index (χ2v) is 12.7. The predicted molar refractivity (Wildman–Crippen MR) is 204 cm³/mol. The van der Waals surface area contributed by atoms with Crippen molar-refractivity contribution in [2.75, 3.05) is 0 Å². The Bertz CT molecular complexity index is 2460. The molecular formula is C47H30N4. The van der Waals surface area contributed by atoms with Crippen molar-refractivity contribution in [3.8, 4) is 62.2 Å². The maximum Gasteiger partial charge on any atom is 0.0991 e. The molecule has 0 amide bonds. The molecule has 8 aromatic rings. The zero-order chi connectivity index (χ0) is 34.2. The van der Waals surface area contributed by atoms with Crippen molar-refractivity contribution in [1.82, 2.24) is 15.0 Å². The van der Waals surface area contributed by atoms with Crippen LogP contribution in [0.3, 0.4) is 0 Å². The van der Waals surface area contributed by atoms with Gasteiger partial charge in [0, 0.05) is 12.4 Å². The molecule has 3 aromatic heterocycles. The number of nitriles is 1. The number of pyridine rings is 3. The lowest BCUT2D eigenvalue weighted by Gasteiger charge is -2.34. The van der Waals surface area contributed by atoms with E-state index in [1.165, 1.54) is 33.4 Å². The Morgan fingerprint density at radius 2 is 0.961 bits per heavy atom. The Morgan fingerprint density at radius 1 is 0.412 bits per heavy atom. The number of hydrogen-bond acceptors (Lipinski definition) is 4. The van der Waals surface area contributed by atoms with Gasteiger partial charge in [-0.2, -0.15) is 5.26 Å². The Balaban J connectivity index is 1.41. The number of benzene rings is 5. The Hall–Kier alpha value is -6.96. The molecule has 0 N–H and O–H groups in total. The molecule has 0 aliphatic heterocycles. The van der Waals surface area contributed by atoms with Crippen molar-refractivity contribution in [3.63, 3.8) is 0 Å². The highest BCUT2D eigenvalue weighted by Crippen LogP contribution is 2.58. The van der Waals surface area contributed by atoms with Crippen LogP contribution in [0.5, 0.6) is 0 Å². The van der Waals surface area contributed by atoms with E-state index in [1.54, 1.807) is 12.4 Å². The minimum absolute atomic E-state index is 0.562. The van der Waals surface area contributed by atoms with E-state index in [1.807, 2.05) is 60.7 Å². The Labute approximate surface area is 297 Å². The summed E-state index contributed by atoms with van der Waals surface area (Å²) in [4.78, 5) is 14.5. The van der Waals surface area contributed by atoms with Crippen LogP contribution in [-0.2, 0) is 5.41 Å². The van der Waals surface area contributed by atoms with Gasteiger partial charge in [0.2, 0.25) is 0 Å². The van der Waals surface area contributed by atoms with Crippen LogP contribution in [0.25, 0.3) is 56.2 Å². The Morgan fingerprint density at radius 3 is 1.53 bits per heavy atom. The number of fused-ring (bicyclic) bond motifs is 3. The summed E-state index contributed by atoms with van der Waals surface area (Å²) in [5, 5.41) is 9.65. The average molecular weight is 651 g/mol. The maximum atomic E-state index is 9.65. The molecule has 0 radical (unpaired) electrons. The first-order chi connectivity index (χ1) is 25.2. The lowest BCUT2D eigenvalue weighted by molar-refractivity contribution is 0.769. The molecule has 0 atom stereocenters. The molecule has 238 valence electrons. The summed E-state index contributed by atoms with van der Waals surface area (Å²) in [6.45, 7) is 0. The van der Waals surface area contributed by atoms with Crippen molar-refractivity contribution >= 4 is 0 Å². The van der Waals surface area contributed by atoms with Gasteiger partial charge in [-0.15, -0.1) is 0 Å². The fourth-order valence-electron chi connectivity index (χ4n) is 7.67. The molecular weight excluding hydrogens is 621 g/mol. The number of aromatic nitrogens is 3. The van der Waals surface area contributed by atoms with Gasteiger partial charge < -0.3 is 0 Å². The van der Waals surface area contributed by atoms with Gasteiger partial charge >= 0.3 is 0 Å². The fraction of sp³-hybridized carbons (Fsp3) is 0.0213. The summed E-state index contributed by atoms with van der Waals surface area (Å²) in [5.74, 6) is 0. The smallest absolute Gasteiger partial charge is 0.0991 e. The van der Waals surface area contributed by atoms with E-state index in [-0.39, 0.29) is 0 Å². The quantitative estimate of drug-likeness (QED) is 0.180. The lowest BCUT2D eigenvalue weighted by Crippen LogP contribution is -2.28. The van der Waals surface area contributed by atoms with Gasteiger partial charge in [-0.25, -0.2) is 4.98 Å². The second-order valence-electron chi connectivity index (χ2n) is 12.7. The molecule has 9 rings (SSSR count). The highest BCUT2D eigenvalue weighted by molar-refractivity contribution is 5.95. The average Bonchev–Trinajstić information content (AvgIpc) is 3.51. The van der Waals surface area contributed by atoms with E-state index in [9.17, 15) is 5.26 Å². The van der Waals surface area contributed by atoms with E-state index < -0.39 is 5.41 Å². The highest BCUT2D eigenvalue weighted by atomic mass is 14.8. The molecule has 3 heterocycles. The molecule has 4 nitrogen and oxygen atoms in total. The first kappa shape index (κ1) is 30.1. The van der Waals surface area contributed by atoms with Gasteiger partial charge in [-0.3, -0.25) is 9.97 Å². The summed E-state index contributed by atoms with van der Waals surface area (Å²) in [6, 6.07) is 61.5. The molecule has 5 aromatic carbocycles. The molecule has 1 aliphatic rings. The van der Waals surface area contributed by atoms with E-state index in [0.29, 0.717) is 5.56 Å². The van der Waals surface area contributed by atoms with Crippen molar-refractivity contribution in [1.29, 1.82) is 5.26 Å². The van der Waals surface area contributed by atoms with Gasteiger partial charge in [0.1, 0.15) is 0 Å². The van der Waals surface area contributed by atoms with Crippen LogP contribution in [0, 0.1) is 11.3 Å². The maximum absolute atomic E-state index is 9.65. The van der Waals surface area contributed by atoms with Crippen molar-refractivity contribution < 1.29 is 0 Å². The third-order valence-corrected chi connectivity index (χ3v) is 9.91. The molecule has 0 saturated carbocycles. The molecule has 1 aliphatic carbocycles. The summed E-state index contributed by atoms with van der Waals surface area (Å²) in [7, 11) is 0. The SMILES string of the molecule is N#Cc1ccc(-c2cc3c(cc2-c2cc(-c4ccccn4)nc(-c4ccccn4)c2)C(c2ccccc2)(c2ccccc2)c2ccccc2-3)cc1. The molecule has 0 bridgehead atoms. The van der Waals surface area contributed by atoms with E-state index in [4.69, 9.17) is 15.0 Å². The van der Waals surface area contributed by atoms with Crippen LogP contribution < -0.4 is 0 Å². The monoisotopic (exact) mass is 650 g/mol. The summed E-state index contributed by atoms with van der Waals surface area (Å²) < 4.78 is 0. The lowest BCUT2D eigenvalue weighted by atomic mass is 9.67. The summed E-state index contributed by atoms with van der Waals surface area (Å²) >= 11 is 0. The topological polar surface area (TPSA) is 62.5 Å². The van der Waals surface area contributed by atoms with Gasteiger partial charge in [0.15, 0.2) is 0 Å². The number of rotatable bonds is 6. The predicted octanol–water partition coefficient (Wildman–Crippen LogP) is 10.8. The molecule has 0 spiro atoms. The van der Waals surface area contributed by atoms with E-state index >= 15 is 0 Å². The Kier molecular flexibility index (Phi) is 7.38.